The molecule has 0 aliphatic carbocycles. The number of hydrogen-bond acceptors (Lipinski definition) is 3. The molecule has 0 amide bonds. The van der Waals surface area contributed by atoms with Crippen molar-refractivity contribution >= 4 is 33.2 Å². The molecule has 0 saturated heterocycles. The van der Waals surface area contributed by atoms with Crippen molar-refractivity contribution in [1.82, 2.24) is 4.98 Å². The van der Waals surface area contributed by atoms with Crippen LogP contribution in [0, 0.1) is 6.92 Å². The summed E-state index contributed by atoms with van der Waals surface area (Å²) in [5, 5.41) is 9.66. The van der Waals surface area contributed by atoms with E-state index in [0.29, 0.717) is 4.60 Å². The molecule has 0 aliphatic heterocycles. The van der Waals surface area contributed by atoms with E-state index < -0.39 is 5.97 Å². The van der Waals surface area contributed by atoms with Crippen LogP contribution in [0.1, 0.15) is 15.2 Å². The Morgan fingerprint density at radius 1 is 1.44 bits per heavy atom. The Kier molecular flexibility index (Phi) is 3.07. The molecule has 3 nitrogen and oxygen atoms in total. The van der Waals surface area contributed by atoms with Gasteiger partial charge in [-0.15, -0.1) is 11.3 Å². The van der Waals surface area contributed by atoms with E-state index >= 15 is 0 Å². The van der Waals surface area contributed by atoms with Gasteiger partial charge in [-0.3, -0.25) is 0 Å². The summed E-state index contributed by atoms with van der Waals surface area (Å²) in [7, 11) is 0. The second-order valence-corrected chi connectivity index (χ2v) is 5.01. The molecular weight excluding hydrogens is 290 g/mol. The number of halogens is 1. The zero-order valence-electron chi connectivity index (χ0n) is 8.40. The van der Waals surface area contributed by atoms with Crippen LogP contribution in [-0.4, -0.2) is 16.1 Å². The highest BCUT2D eigenvalue weighted by Crippen LogP contribution is 2.32. The number of thiazole rings is 1. The van der Waals surface area contributed by atoms with Gasteiger partial charge in [0.05, 0.1) is 0 Å². The average Bonchev–Trinajstić information content (AvgIpc) is 2.61. The summed E-state index contributed by atoms with van der Waals surface area (Å²) in [5.41, 5.74) is 2.06. The van der Waals surface area contributed by atoms with E-state index in [1.807, 2.05) is 31.2 Å². The lowest BCUT2D eigenvalue weighted by Crippen LogP contribution is -1.91. The summed E-state index contributed by atoms with van der Waals surface area (Å²) in [4.78, 5) is 15.3. The highest BCUT2D eigenvalue weighted by Gasteiger charge is 2.16. The van der Waals surface area contributed by atoms with Gasteiger partial charge in [0.15, 0.2) is 0 Å². The molecule has 1 aromatic carbocycles. The Morgan fingerprint density at radius 2 is 2.12 bits per heavy atom. The fourth-order valence-corrected chi connectivity index (χ4v) is 2.96. The monoisotopic (exact) mass is 297 g/mol. The first kappa shape index (κ1) is 11.3. The van der Waals surface area contributed by atoms with Crippen LogP contribution < -0.4 is 0 Å². The van der Waals surface area contributed by atoms with Gasteiger partial charge in [-0.05, 0) is 28.4 Å². The van der Waals surface area contributed by atoms with Crippen molar-refractivity contribution in [2.24, 2.45) is 0 Å². The molecule has 0 aliphatic rings. The Bertz CT molecular complexity index is 551. The Labute approximate surface area is 105 Å². The summed E-state index contributed by atoms with van der Waals surface area (Å²) in [5.74, 6) is -0.954. The number of carboxylic acids is 1. The summed E-state index contributed by atoms with van der Waals surface area (Å²) in [6.07, 6.45) is 0. The topological polar surface area (TPSA) is 50.2 Å². The van der Waals surface area contributed by atoms with Crippen molar-refractivity contribution in [3.05, 3.63) is 39.3 Å². The molecule has 0 unspecified atom stereocenters. The van der Waals surface area contributed by atoms with Crippen molar-refractivity contribution in [3.63, 3.8) is 0 Å². The van der Waals surface area contributed by atoms with E-state index in [4.69, 9.17) is 5.11 Å². The van der Waals surface area contributed by atoms with Crippen LogP contribution >= 0.6 is 27.3 Å². The van der Waals surface area contributed by atoms with E-state index in [1.165, 1.54) is 11.3 Å². The SMILES string of the molecule is Cc1ccccc1-c1nc(Br)c(C(=O)O)s1. The summed E-state index contributed by atoms with van der Waals surface area (Å²) in [6, 6.07) is 7.77. The number of aryl methyl sites for hydroxylation is 1. The average molecular weight is 298 g/mol. The lowest BCUT2D eigenvalue weighted by Gasteiger charge is -1.99. The highest BCUT2D eigenvalue weighted by atomic mass is 79.9. The molecule has 16 heavy (non-hydrogen) atoms. The number of aromatic nitrogens is 1. The van der Waals surface area contributed by atoms with Gasteiger partial charge >= 0.3 is 5.97 Å². The largest absolute Gasteiger partial charge is 0.477 e. The van der Waals surface area contributed by atoms with E-state index in [9.17, 15) is 4.79 Å². The lowest BCUT2D eigenvalue weighted by molar-refractivity contribution is 0.0701. The van der Waals surface area contributed by atoms with E-state index in [-0.39, 0.29) is 4.88 Å². The predicted octanol–water partition coefficient (Wildman–Crippen LogP) is 3.58. The van der Waals surface area contributed by atoms with Crippen LogP contribution in [0.2, 0.25) is 0 Å². The molecule has 0 bridgehead atoms. The number of aromatic carboxylic acids is 1. The number of hydrogen-bond donors (Lipinski definition) is 1. The minimum Gasteiger partial charge on any atom is -0.477 e. The molecule has 0 spiro atoms. The first-order valence-electron chi connectivity index (χ1n) is 4.55. The summed E-state index contributed by atoms with van der Waals surface area (Å²) in [6.45, 7) is 1.98. The van der Waals surface area contributed by atoms with Gasteiger partial charge in [0.2, 0.25) is 0 Å². The van der Waals surface area contributed by atoms with E-state index in [2.05, 4.69) is 20.9 Å². The van der Waals surface area contributed by atoms with Gasteiger partial charge in [0.25, 0.3) is 0 Å². The van der Waals surface area contributed by atoms with Gasteiger partial charge < -0.3 is 5.11 Å². The van der Waals surface area contributed by atoms with Gasteiger partial charge in [0, 0.05) is 5.56 Å². The molecule has 0 atom stereocenters. The third-order valence-electron chi connectivity index (χ3n) is 2.16. The quantitative estimate of drug-likeness (QED) is 0.922. The number of carbonyl (C=O) groups is 1. The minimum absolute atomic E-state index is 0.234. The highest BCUT2D eigenvalue weighted by molar-refractivity contribution is 9.10. The molecule has 1 N–H and O–H groups in total. The fraction of sp³-hybridized carbons (Fsp3) is 0.0909. The second kappa shape index (κ2) is 4.35. The third-order valence-corrected chi connectivity index (χ3v) is 4.07. The molecule has 2 rings (SSSR count). The molecule has 1 heterocycles. The Hall–Kier alpha value is -1.20. The van der Waals surface area contributed by atoms with E-state index in [0.717, 1.165) is 16.1 Å². The smallest absolute Gasteiger partial charge is 0.348 e. The van der Waals surface area contributed by atoms with Crippen LogP contribution in [0.25, 0.3) is 10.6 Å². The lowest BCUT2D eigenvalue weighted by atomic mass is 10.1. The normalized spacial score (nSPS) is 10.4. The van der Waals surface area contributed by atoms with Crippen LogP contribution in [-0.2, 0) is 0 Å². The van der Waals surface area contributed by atoms with Crippen molar-refractivity contribution < 1.29 is 9.90 Å². The van der Waals surface area contributed by atoms with Gasteiger partial charge in [-0.2, -0.15) is 0 Å². The zero-order chi connectivity index (χ0) is 11.7. The maximum atomic E-state index is 10.9. The Balaban J connectivity index is 2.54. The van der Waals surface area contributed by atoms with Crippen LogP contribution in [0.5, 0.6) is 0 Å². The number of rotatable bonds is 2. The first-order chi connectivity index (χ1) is 7.59. The van der Waals surface area contributed by atoms with Gasteiger partial charge in [0.1, 0.15) is 14.5 Å². The van der Waals surface area contributed by atoms with E-state index in [1.54, 1.807) is 0 Å². The zero-order valence-corrected chi connectivity index (χ0v) is 10.8. The number of nitrogens with zero attached hydrogens (tertiary/aromatic N) is 1. The van der Waals surface area contributed by atoms with Gasteiger partial charge in [-0.1, -0.05) is 24.3 Å². The molecule has 82 valence electrons. The maximum Gasteiger partial charge on any atom is 0.348 e. The second-order valence-electron chi connectivity index (χ2n) is 3.26. The van der Waals surface area contributed by atoms with Crippen molar-refractivity contribution in [3.8, 4) is 10.6 Å². The summed E-state index contributed by atoms with van der Waals surface area (Å²) >= 11 is 4.34. The molecule has 0 radical (unpaired) electrons. The number of benzene rings is 1. The molecule has 5 heteroatoms. The molecular formula is C11H8BrNO2S. The van der Waals surface area contributed by atoms with Gasteiger partial charge in [-0.25, -0.2) is 9.78 Å². The van der Waals surface area contributed by atoms with Crippen LogP contribution in [0.4, 0.5) is 0 Å². The maximum absolute atomic E-state index is 10.9. The minimum atomic E-state index is -0.954. The standard InChI is InChI=1S/C11H8BrNO2S/c1-6-4-2-3-5-7(6)10-13-9(12)8(16-10)11(14)15/h2-5H,1H3,(H,14,15). The predicted molar refractivity (Wildman–Crippen MR) is 66.9 cm³/mol. The fourth-order valence-electron chi connectivity index (χ4n) is 1.36. The van der Waals surface area contributed by atoms with Crippen molar-refractivity contribution in [2.45, 2.75) is 6.92 Å². The van der Waals surface area contributed by atoms with Crippen LogP contribution in [0.3, 0.4) is 0 Å². The van der Waals surface area contributed by atoms with Crippen LogP contribution in [0.15, 0.2) is 28.9 Å². The number of carboxylic acid groups (broad SMARTS) is 1. The summed E-state index contributed by atoms with van der Waals surface area (Å²) < 4.78 is 0.392. The molecule has 1 aromatic heterocycles. The first-order valence-corrected chi connectivity index (χ1v) is 6.16. The molecule has 0 fully saturated rings. The van der Waals surface area contributed by atoms with Crippen molar-refractivity contribution in [1.29, 1.82) is 0 Å². The molecule has 0 saturated carbocycles. The Morgan fingerprint density at radius 3 is 2.69 bits per heavy atom. The van der Waals surface area contributed by atoms with Crippen molar-refractivity contribution in [2.75, 3.05) is 0 Å². The third kappa shape index (κ3) is 2.01. The molecule has 2 aromatic rings.